The summed E-state index contributed by atoms with van der Waals surface area (Å²) >= 11 is 0. The van der Waals surface area contributed by atoms with E-state index in [9.17, 15) is 8.42 Å². The number of rotatable bonds is 1. The molecule has 0 saturated carbocycles. The normalized spacial score (nSPS) is 18.8. The zero-order chi connectivity index (χ0) is 10.2. The molecule has 0 aliphatic heterocycles. The van der Waals surface area contributed by atoms with Crippen molar-refractivity contribution in [1.82, 2.24) is 0 Å². The molecule has 0 aliphatic carbocycles. The summed E-state index contributed by atoms with van der Waals surface area (Å²) in [5, 5.41) is 0. The van der Waals surface area contributed by atoms with Crippen LogP contribution >= 0.6 is 0 Å². The van der Waals surface area contributed by atoms with E-state index >= 15 is 0 Å². The molecular weight excluding hydrogens is 192 g/mol. The first-order valence-electron chi connectivity index (χ1n) is 3.91. The molecule has 4 heteroatoms. The first-order chi connectivity index (χ1) is 5.07. The zero-order valence-electron chi connectivity index (χ0n) is 8.63. The molecule has 0 aliphatic rings. The third-order valence-corrected chi connectivity index (χ3v) is 7.24. The van der Waals surface area contributed by atoms with Crippen LogP contribution in [0.25, 0.3) is 0 Å². The monoisotopic (exact) mass is 210 g/mol. The molecule has 0 radical (unpaired) electrons. The van der Waals surface area contributed by atoms with E-state index in [0.717, 1.165) is 0 Å². The van der Waals surface area contributed by atoms with Crippen molar-refractivity contribution in [2.75, 3.05) is 0 Å². The highest BCUT2D eigenvalue weighted by atomic mass is 33.1. The van der Waals surface area contributed by atoms with Crippen molar-refractivity contribution < 1.29 is 8.42 Å². The molecule has 0 saturated heterocycles. The van der Waals surface area contributed by atoms with Gasteiger partial charge in [-0.15, -0.1) is 0 Å². The third-order valence-electron chi connectivity index (χ3n) is 1.14. The molecule has 74 valence electrons. The molecule has 2 atom stereocenters. The average Bonchev–Trinajstić information content (AvgIpc) is 1.80. The van der Waals surface area contributed by atoms with Crippen molar-refractivity contribution >= 4 is 19.7 Å². The minimum Gasteiger partial charge on any atom is -0.245 e. The van der Waals surface area contributed by atoms with Gasteiger partial charge in [-0.25, -0.2) is 8.42 Å². The van der Waals surface area contributed by atoms with E-state index in [1.54, 1.807) is 0 Å². The van der Waals surface area contributed by atoms with Crippen molar-refractivity contribution in [3.8, 4) is 0 Å². The SMILES string of the molecule is CC(C)(C)S(=O)S(=O)C(C)(C)C. The third kappa shape index (κ3) is 3.35. The fourth-order valence-electron chi connectivity index (χ4n) is 0.454. The summed E-state index contributed by atoms with van der Waals surface area (Å²) < 4.78 is 22.5. The van der Waals surface area contributed by atoms with Crippen LogP contribution in [0, 0.1) is 0 Å². The van der Waals surface area contributed by atoms with Gasteiger partial charge >= 0.3 is 0 Å². The minimum absolute atomic E-state index is 0.391. The first-order valence-corrected chi connectivity index (χ1v) is 6.72. The lowest BCUT2D eigenvalue weighted by Crippen LogP contribution is -2.34. The lowest BCUT2D eigenvalue weighted by molar-refractivity contribution is 0.640. The van der Waals surface area contributed by atoms with Gasteiger partial charge in [-0.05, 0) is 41.5 Å². The summed E-state index contributed by atoms with van der Waals surface area (Å²) in [5.41, 5.74) is 0. The Morgan fingerprint density at radius 2 is 0.833 bits per heavy atom. The minimum atomic E-state index is -1.28. The molecule has 0 aromatic carbocycles. The van der Waals surface area contributed by atoms with Gasteiger partial charge in [-0.2, -0.15) is 0 Å². The van der Waals surface area contributed by atoms with Gasteiger partial charge in [0, 0.05) is 0 Å². The maximum Gasteiger partial charge on any atom is 0.116 e. The van der Waals surface area contributed by atoms with E-state index in [1.165, 1.54) is 0 Å². The Balaban J connectivity index is 4.66. The second kappa shape index (κ2) is 3.58. The van der Waals surface area contributed by atoms with Crippen molar-refractivity contribution in [2.45, 2.75) is 51.0 Å². The Hall–Kier alpha value is 0.300. The summed E-state index contributed by atoms with van der Waals surface area (Å²) in [4.78, 5) is 0. The van der Waals surface area contributed by atoms with E-state index in [1.807, 2.05) is 41.5 Å². The van der Waals surface area contributed by atoms with Gasteiger partial charge in [-0.1, -0.05) is 0 Å². The van der Waals surface area contributed by atoms with Gasteiger partial charge in [0.25, 0.3) is 0 Å². The highest BCUT2D eigenvalue weighted by Crippen LogP contribution is 2.22. The van der Waals surface area contributed by atoms with Gasteiger partial charge in [0.2, 0.25) is 0 Å². The predicted molar refractivity (Wildman–Crippen MR) is 55.8 cm³/mol. The summed E-state index contributed by atoms with van der Waals surface area (Å²) in [6, 6.07) is 0. The standard InChI is InChI=1S/C8H18O2S2/c1-7(2,3)11(9)12(10)8(4,5)6/h1-6H3. The lowest BCUT2D eigenvalue weighted by atomic mass is 10.3. The van der Waals surface area contributed by atoms with Crippen LogP contribution in [0.4, 0.5) is 0 Å². The molecule has 0 N–H and O–H groups in total. The van der Waals surface area contributed by atoms with E-state index in [2.05, 4.69) is 0 Å². The van der Waals surface area contributed by atoms with E-state index < -0.39 is 29.2 Å². The lowest BCUT2D eigenvalue weighted by Gasteiger charge is -2.23. The van der Waals surface area contributed by atoms with Crippen molar-refractivity contribution in [3.05, 3.63) is 0 Å². The summed E-state index contributed by atoms with van der Waals surface area (Å²) in [6.45, 7) is 11.0. The van der Waals surface area contributed by atoms with Crippen LogP contribution in [0.1, 0.15) is 41.5 Å². The molecule has 0 amide bonds. The zero-order valence-corrected chi connectivity index (χ0v) is 10.3. The van der Waals surface area contributed by atoms with Gasteiger partial charge < -0.3 is 0 Å². The highest BCUT2D eigenvalue weighted by molar-refractivity contribution is 8.62. The smallest absolute Gasteiger partial charge is 0.116 e. The van der Waals surface area contributed by atoms with Crippen LogP contribution in [-0.2, 0) is 19.7 Å². The molecule has 0 fully saturated rings. The van der Waals surface area contributed by atoms with Gasteiger partial charge in [0.05, 0.1) is 9.49 Å². The van der Waals surface area contributed by atoms with Crippen LogP contribution < -0.4 is 0 Å². The van der Waals surface area contributed by atoms with Gasteiger partial charge in [-0.3, -0.25) is 0 Å². The molecule has 0 aromatic rings. The molecule has 2 nitrogen and oxygen atoms in total. The number of hydrogen-bond donors (Lipinski definition) is 0. The largest absolute Gasteiger partial charge is 0.245 e. The topological polar surface area (TPSA) is 34.1 Å². The fourth-order valence-corrected chi connectivity index (χ4v) is 4.09. The van der Waals surface area contributed by atoms with Gasteiger partial charge in [0.15, 0.2) is 0 Å². The summed E-state index contributed by atoms with van der Waals surface area (Å²) in [6.07, 6.45) is 0. The molecular formula is C8H18O2S2. The fraction of sp³-hybridized carbons (Fsp3) is 1.00. The van der Waals surface area contributed by atoms with E-state index in [4.69, 9.17) is 0 Å². The average molecular weight is 210 g/mol. The first kappa shape index (κ1) is 12.3. The molecule has 0 bridgehead atoms. The molecule has 0 rings (SSSR count). The van der Waals surface area contributed by atoms with Crippen LogP contribution in [0.3, 0.4) is 0 Å². The molecule has 2 unspecified atom stereocenters. The molecule has 0 spiro atoms. The van der Waals surface area contributed by atoms with Crippen LogP contribution in [0.5, 0.6) is 0 Å². The van der Waals surface area contributed by atoms with Gasteiger partial charge in [0.1, 0.15) is 19.7 Å². The Bertz CT molecular complexity index is 184. The Kier molecular flexibility index (Phi) is 3.67. The maximum atomic E-state index is 11.6. The second-order valence-corrected chi connectivity index (χ2v) is 9.90. The molecule has 0 heterocycles. The van der Waals surface area contributed by atoms with E-state index in [0.29, 0.717) is 0 Å². The van der Waals surface area contributed by atoms with Crippen LogP contribution in [0.15, 0.2) is 0 Å². The Labute approximate surface area is 79.4 Å². The summed E-state index contributed by atoms with van der Waals surface area (Å²) in [7, 11) is -2.56. The quantitative estimate of drug-likeness (QED) is 0.620. The molecule has 0 aromatic heterocycles. The Morgan fingerprint density at radius 1 is 0.667 bits per heavy atom. The summed E-state index contributed by atoms with van der Waals surface area (Å²) in [5.74, 6) is 0. The van der Waals surface area contributed by atoms with Crippen LogP contribution in [0.2, 0.25) is 0 Å². The van der Waals surface area contributed by atoms with Crippen molar-refractivity contribution in [2.24, 2.45) is 0 Å². The van der Waals surface area contributed by atoms with Crippen molar-refractivity contribution in [1.29, 1.82) is 0 Å². The predicted octanol–water partition coefficient (Wildman–Crippen LogP) is 2.00. The molecule has 12 heavy (non-hydrogen) atoms. The second-order valence-electron chi connectivity index (χ2n) is 4.69. The maximum absolute atomic E-state index is 11.6. The highest BCUT2D eigenvalue weighted by Gasteiger charge is 2.32. The number of hydrogen-bond acceptors (Lipinski definition) is 2. The van der Waals surface area contributed by atoms with Crippen molar-refractivity contribution in [3.63, 3.8) is 0 Å². The van der Waals surface area contributed by atoms with E-state index in [-0.39, 0.29) is 0 Å². The Morgan fingerprint density at radius 3 is 0.917 bits per heavy atom. The van der Waals surface area contributed by atoms with Crippen LogP contribution in [-0.4, -0.2) is 17.9 Å².